The quantitative estimate of drug-likeness (QED) is 0.706. The van der Waals surface area contributed by atoms with Crippen LogP contribution in [0, 0.1) is 5.92 Å². The second-order valence-electron chi connectivity index (χ2n) is 3.08. The number of carbonyl (C=O) groups excluding carboxylic acids is 1. The topological polar surface area (TPSA) is 56.0 Å². The number of Topliss-reactive ketones (excluding diaryl/α,β-unsaturated/α-hetero) is 1. The van der Waals surface area contributed by atoms with Crippen molar-refractivity contribution in [3.05, 3.63) is 30.1 Å². The summed E-state index contributed by atoms with van der Waals surface area (Å²) in [6, 6.07) is 3.46. The third-order valence-electron chi connectivity index (χ3n) is 2.01. The number of aromatic nitrogens is 1. The maximum absolute atomic E-state index is 11.7. The zero-order chi connectivity index (χ0) is 9.68. The Hall–Kier alpha value is -1.22. The minimum Gasteiger partial charge on any atom is -0.330 e. The molecule has 3 heteroatoms. The minimum atomic E-state index is 0.00685. The predicted octanol–water partition coefficient (Wildman–Crippen LogP) is 1.25. The molecule has 1 unspecified atom stereocenters. The van der Waals surface area contributed by atoms with Crippen LogP contribution < -0.4 is 5.73 Å². The Balaban J connectivity index is 2.68. The summed E-state index contributed by atoms with van der Waals surface area (Å²) in [7, 11) is 0. The van der Waals surface area contributed by atoms with E-state index in [0.29, 0.717) is 6.54 Å². The maximum Gasteiger partial charge on any atom is 0.165 e. The maximum atomic E-state index is 11.7. The third kappa shape index (κ3) is 2.63. The summed E-state index contributed by atoms with van der Waals surface area (Å²) in [4.78, 5) is 15.5. The van der Waals surface area contributed by atoms with Crippen LogP contribution in [0.25, 0.3) is 0 Å². The average Bonchev–Trinajstić information content (AvgIpc) is 2.18. The van der Waals surface area contributed by atoms with Crippen LogP contribution >= 0.6 is 0 Å². The van der Waals surface area contributed by atoms with Gasteiger partial charge in [-0.3, -0.25) is 9.78 Å². The molecule has 0 fully saturated rings. The van der Waals surface area contributed by atoms with Gasteiger partial charge >= 0.3 is 0 Å². The Bertz CT molecular complexity index is 272. The highest BCUT2D eigenvalue weighted by Crippen LogP contribution is 2.09. The minimum absolute atomic E-state index is 0.00685. The highest BCUT2D eigenvalue weighted by molar-refractivity contribution is 5.97. The lowest BCUT2D eigenvalue weighted by molar-refractivity contribution is 0.0925. The number of hydrogen-bond donors (Lipinski definition) is 1. The van der Waals surface area contributed by atoms with Crippen molar-refractivity contribution in [1.29, 1.82) is 0 Å². The third-order valence-corrected chi connectivity index (χ3v) is 2.01. The van der Waals surface area contributed by atoms with Crippen LogP contribution in [0.5, 0.6) is 0 Å². The van der Waals surface area contributed by atoms with Gasteiger partial charge in [-0.05, 0) is 25.1 Å². The van der Waals surface area contributed by atoms with E-state index in [1.54, 1.807) is 24.5 Å². The fourth-order valence-electron chi connectivity index (χ4n) is 1.18. The zero-order valence-electron chi connectivity index (χ0n) is 7.73. The molecule has 0 aliphatic heterocycles. The molecule has 0 saturated carbocycles. The van der Waals surface area contributed by atoms with E-state index in [1.165, 1.54) is 0 Å². The number of pyridine rings is 1. The summed E-state index contributed by atoms with van der Waals surface area (Å²) in [6.07, 6.45) is 3.99. The Morgan fingerprint density at radius 3 is 2.69 bits per heavy atom. The molecular weight excluding hydrogens is 164 g/mol. The van der Waals surface area contributed by atoms with Gasteiger partial charge in [0, 0.05) is 23.9 Å². The number of hydrogen-bond acceptors (Lipinski definition) is 3. The van der Waals surface area contributed by atoms with Crippen LogP contribution in [-0.2, 0) is 0 Å². The Labute approximate surface area is 78.0 Å². The number of nitrogens with zero attached hydrogens (tertiary/aromatic N) is 1. The predicted molar refractivity (Wildman–Crippen MR) is 51.4 cm³/mol. The molecule has 0 saturated heterocycles. The van der Waals surface area contributed by atoms with Gasteiger partial charge in [0.05, 0.1) is 0 Å². The molecule has 1 aromatic heterocycles. The molecule has 0 amide bonds. The van der Waals surface area contributed by atoms with Crippen LogP contribution in [0.4, 0.5) is 0 Å². The van der Waals surface area contributed by atoms with Crippen LogP contribution in [0.2, 0.25) is 0 Å². The number of nitrogens with two attached hydrogens (primary N) is 1. The lowest BCUT2D eigenvalue weighted by Crippen LogP contribution is -2.15. The molecule has 1 rings (SSSR count). The van der Waals surface area contributed by atoms with Gasteiger partial charge in [0.25, 0.3) is 0 Å². The SMILES string of the molecule is CC(CCN)C(=O)c1ccncc1. The van der Waals surface area contributed by atoms with Gasteiger partial charge in [-0.1, -0.05) is 6.92 Å². The van der Waals surface area contributed by atoms with Crippen molar-refractivity contribution < 1.29 is 4.79 Å². The van der Waals surface area contributed by atoms with Gasteiger partial charge in [-0.2, -0.15) is 0 Å². The van der Waals surface area contributed by atoms with Crippen molar-refractivity contribution in [2.75, 3.05) is 6.54 Å². The molecule has 13 heavy (non-hydrogen) atoms. The van der Waals surface area contributed by atoms with E-state index in [1.807, 2.05) is 6.92 Å². The highest BCUT2D eigenvalue weighted by atomic mass is 16.1. The van der Waals surface area contributed by atoms with Crippen molar-refractivity contribution in [2.45, 2.75) is 13.3 Å². The summed E-state index contributed by atoms with van der Waals surface area (Å²) >= 11 is 0. The van der Waals surface area contributed by atoms with Crippen LogP contribution in [0.3, 0.4) is 0 Å². The molecule has 0 bridgehead atoms. The monoisotopic (exact) mass is 178 g/mol. The van der Waals surface area contributed by atoms with Crippen LogP contribution in [-0.4, -0.2) is 17.3 Å². The molecule has 1 atom stereocenters. The average molecular weight is 178 g/mol. The molecule has 0 radical (unpaired) electrons. The zero-order valence-corrected chi connectivity index (χ0v) is 7.73. The van der Waals surface area contributed by atoms with E-state index in [0.717, 1.165) is 12.0 Å². The van der Waals surface area contributed by atoms with Gasteiger partial charge in [0.1, 0.15) is 0 Å². The molecule has 3 nitrogen and oxygen atoms in total. The summed E-state index contributed by atoms with van der Waals surface area (Å²) < 4.78 is 0. The Morgan fingerprint density at radius 2 is 2.15 bits per heavy atom. The van der Waals surface area contributed by atoms with Crippen molar-refractivity contribution in [3.63, 3.8) is 0 Å². The van der Waals surface area contributed by atoms with Gasteiger partial charge in [-0.25, -0.2) is 0 Å². The first kappa shape index (κ1) is 9.86. The van der Waals surface area contributed by atoms with E-state index >= 15 is 0 Å². The fraction of sp³-hybridized carbons (Fsp3) is 0.400. The highest BCUT2D eigenvalue weighted by Gasteiger charge is 2.13. The van der Waals surface area contributed by atoms with E-state index < -0.39 is 0 Å². The summed E-state index contributed by atoms with van der Waals surface area (Å²) in [5, 5.41) is 0. The number of rotatable bonds is 4. The van der Waals surface area contributed by atoms with Gasteiger partial charge in [0.15, 0.2) is 5.78 Å². The first-order valence-electron chi connectivity index (χ1n) is 4.40. The normalized spacial score (nSPS) is 12.5. The van der Waals surface area contributed by atoms with E-state index in [2.05, 4.69) is 4.98 Å². The number of ketones is 1. The van der Waals surface area contributed by atoms with Crippen molar-refractivity contribution >= 4 is 5.78 Å². The van der Waals surface area contributed by atoms with E-state index in [4.69, 9.17) is 5.73 Å². The van der Waals surface area contributed by atoms with E-state index in [9.17, 15) is 4.79 Å². The van der Waals surface area contributed by atoms with Crippen molar-refractivity contribution in [3.8, 4) is 0 Å². The molecule has 2 N–H and O–H groups in total. The smallest absolute Gasteiger partial charge is 0.165 e. The van der Waals surface area contributed by atoms with Crippen molar-refractivity contribution in [2.24, 2.45) is 11.7 Å². The molecule has 0 aliphatic rings. The fourth-order valence-corrected chi connectivity index (χ4v) is 1.18. The lowest BCUT2D eigenvalue weighted by Gasteiger charge is -2.07. The van der Waals surface area contributed by atoms with Gasteiger partial charge in [0.2, 0.25) is 0 Å². The second-order valence-corrected chi connectivity index (χ2v) is 3.08. The molecule has 70 valence electrons. The Kier molecular flexibility index (Phi) is 3.58. The Morgan fingerprint density at radius 1 is 1.54 bits per heavy atom. The second kappa shape index (κ2) is 4.72. The number of carbonyl (C=O) groups is 1. The molecule has 0 aliphatic carbocycles. The van der Waals surface area contributed by atoms with Crippen LogP contribution in [0.1, 0.15) is 23.7 Å². The van der Waals surface area contributed by atoms with Gasteiger partial charge < -0.3 is 5.73 Å². The summed E-state index contributed by atoms with van der Waals surface area (Å²) in [6.45, 7) is 2.45. The first-order valence-corrected chi connectivity index (χ1v) is 4.40. The molecular formula is C10H14N2O. The molecule has 1 heterocycles. The molecule has 0 spiro atoms. The molecule has 0 aromatic carbocycles. The summed E-state index contributed by atoms with van der Waals surface area (Å²) in [5.74, 6) is 0.153. The summed E-state index contributed by atoms with van der Waals surface area (Å²) in [5.41, 5.74) is 6.10. The van der Waals surface area contributed by atoms with Gasteiger partial charge in [-0.15, -0.1) is 0 Å². The van der Waals surface area contributed by atoms with Crippen LogP contribution in [0.15, 0.2) is 24.5 Å². The standard InChI is InChI=1S/C10H14N2O/c1-8(2-5-11)10(13)9-3-6-12-7-4-9/h3-4,6-8H,2,5,11H2,1H3. The lowest BCUT2D eigenvalue weighted by atomic mass is 9.97. The van der Waals surface area contributed by atoms with E-state index in [-0.39, 0.29) is 11.7 Å². The first-order chi connectivity index (χ1) is 6.25. The largest absolute Gasteiger partial charge is 0.330 e. The van der Waals surface area contributed by atoms with Crippen molar-refractivity contribution in [1.82, 2.24) is 4.98 Å². The molecule has 1 aromatic rings.